The van der Waals surface area contributed by atoms with Crippen LogP contribution in [0.25, 0.3) is 0 Å². The van der Waals surface area contributed by atoms with Crippen molar-refractivity contribution in [1.82, 2.24) is 9.62 Å². The predicted molar refractivity (Wildman–Crippen MR) is 120 cm³/mol. The molecule has 0 spiro atoms. The molecule has 0 bridgehead atoms. The van der Waals surface area contributed by atoms with Gasteiger partial charge >= 0.3 is 0 Å². The average molecular weight is 469 g/mol. The van der Waals surface area contributed by atoms with E-state index in [1.54, 1.807) is 6.07 Å². The third-order valence-corrected chi connectivity index (χ3v) is 8.94. The molecule has 0 radical (unpaired) electrons. The first-order valence-electron chi connectivity index (χ1n) is 10.3. The molecule has 0 saturated carbocycles. The first-order chi connectivity index (χ1) is 14.3. The highest BCUT2D eigenvalue weighted by Crippen LogP contribution is 2.43. The summed E-state index contributed by atoms with van der Waals surface area (Å²) in [6.07, 6.45) is 2.37. The maximum Gasteiger partial charge on any atom is 0.243 e. The van der Waals surface area contributed by atoms with E-state index in [-0.39, 0.29) is 12.0 Å². The van der Waals surface area contributed by atoms with Gasteiger partial charge < -0.3 is 10.4 Å². The van der Waals surface area contributed by atoms with E-state index in [2.05, 4.69) is 5.32 Å². The van der Waals surface area contributed by atoms with Crippen molar-refractivity contribution in [3.63, 3.8) is 0 Å². The van der Waals surface area contributed by atoms with E-state index in [1.165, 1.54) is 4.31 Å². The molecule has 8 heteroatoms. The van der Waals surface area contributed by atoms with Crippen LogP contribution in [-0.2, 0) is 10.0 Å². The smallest absolute Gasteiger partial charge is 0.243 e. The molecule has 0 unspecified atom stereocenters. The molecule has 1 aliphatic heterocycles. The Morgan fingerprint density at radius 3 is 2.37 bits per heavy atom. The zero-order valence-electron chi connectivity index (χ0n) is 16.8. The highest BCUT2D eigenvalue weighted by molar-refractivity contribution is 7.89. The summed E-state index contributed by atoms with van der Waals surface area (Å²) in [5.74, 6) is 0.140. The first kappa shape index (κ1) is 22.1. The van der Waals surface area contributed by atoms with Crippen LogP contribution < -0.4 is 5.32 Å². The summed E-state index contributed by atoms with van der Waals surface area (Å²) in [5, 5.41) is 14.1. The van der Waals surface area contributed by atoms with Crippen LogP contribution in [0.1, 0.15) is 54.3 Å². The Morgan fingerprint density at radius 2 is 1.70 bits per heavy atom. The van der Waals surface area contributed by atoms with Gasteiger partial charge in [-0.05, 0) is 73.7 Å². The minimum absolute atomic E-state index is 0.0948. The van der Waals surface area contributed by atoms with E-state index in [9.17, 15) is 13.5 Å². The second kappa shape index (κ2) is 8.77. The van der Waals surface area contributed by atoms with Gasteiger partial charge in [-0.25, -0.2) is 8.42 Å². The van der Waals surface area contributed by atoms with Gasteiger partial charge in [0.2, 0.25) is 10.0 Å². The summed E-state index contributed by atoms with van der Waals surface area (Å²) >= 11 is 12.3. The van der Waals surface area contributed by atoms with E-state index in [0.717, 1.165) is 29.5 Å². The van der Waals surface area contributed by atoms with E-state index >= 15 is 0 Å². The summed E-state index contributed by atoms with van der Waals surface area (Å²) in [4.78, 5) is 0.313. The lowest BCUT2D eigenvalue weighted by molar-refractivity contribution is 0.113. The Labute approximate surface area is 188 Å². The maximum atomic E-state index is 13.2. The minimum Gasteiger partial charge on any atom is -0.393 e. The van der Waals surface area contributed by atoms with Gasteiger partial charge in [-0.3, -0.25) is 0 Å². The van der Waals surface area contributed by atoms with Crippen molar-refractivity contribution >= 4 is 33.2 Å². The molecule has 0 amide bonds. The van der Waals surface area contributed by atoms with Crippen molar-refractivity contribution in [2.24, 2.45) is 0 Å². The summed E-state index contributed by atoms with van der Waals surface area (Å²) in [6, 6.07) is 11.3. The average Bonchev–Trinajstić information content (AvgIpc) is 2.75. The van der Waals surface area contributed by atoms with Gasteiger partial charge in [0.25, 0.3) is 0 Å². The van der Waals surface area contributed by atoms with E-state index in [4.69, 9.17) is 23.2 Å². The molecule has 2 aromatic carbocycles. The van der Waals surface area contributed by atoms with Crippen LogP contribution >= 0.6 is 23.2 Å². The number of fused-ring (bicyclic) bond motifs is 1. The number of nitrogens with zero attached hydrogens (tertiary/aromatic N) is 1. The molecular formula is C22H26Cl2N2O3S. The second-order valence-electron chi connectivity index (χ2n) is 8.07. The first-order valence-corrected chi connectivity index (χ1v) is 12.4. The number of rotatable bonds is 4. The van der Waals surface area contributed by atoms with Crippen LogP contribution in [0.5, 0.6) is 0 Å². The number of halogens is 2. The lowest BCUT2D eigenvalue weighted by Gasteiger charge is -2.33. The largest absolute Gasteiger partial charge is 0.393 e. The van der Waals surface area contributed by atoms with Crippen LogP contribution in [0.2, 0.25) is 10.0 Å². The standard InChI is InChI=1S/C22H26Cl2N2O3S/c1-25-22-7-5-17(14-2-6-20(23)21(24)12-14)18-4-3-16(13-19(18)22)30(28,29)26-10-8-15(27)9-11-26/h2-4,6,12-13,15,17,22,25,27H,5,7-11H2,1H3/t17-,22-/m0/s1. The molecule has 1 saturated heterocycles. The van der Waals surface area contributed by atoms with Crippen LogP contribution in [0.3, 0.4) is 0 Å². The highest BCUT2D eigenvalue weighted by atomic mass is 35.5. The number of hydrogen-bond acceptors (Lipinski definition) is 4. The minimum atomic E-state index is -3.59. The summed E-state index contributed by atoms with van der Waals surface area (Å²) < 4.78 is 27.9. The molecule has 5 nitrogen and oxygen atoms in total. The fourth-order valence-corrected chi connectivity index (χ4v) is 6.40. The van der Waals surface area contributed by atoms with Crippen molar-refractivity contribution in [2.45, 2.75) is 48.6 Å². The van der Waals surface area contributed by atoms with E-state index in [1.807, 2.05) is 37.4 Å². The SMILES string of the molecule is CN[C@H]1CC[C@@H](c2ccc(Cl)c(Cl)c2)c2ccc(S(=O)(=O)N3CCC(O)CC3)cc21. The Morgan fingerprint density at radius 1 is 0.967 bits per heavy atom. The van der Waals surface area contributed by atoms with Crippen molar-refractivity contribution in [3.05, 3.63) is 63.1 Å². The number of benzene rings is 2. The van der Waals surface area contributed by atoms with Crippen molar-refractivity contribution in [1.29, 1.82) is 0 Å². The van der Waals surface area contributed by atoms with Crippen LogP contribution in [0, 0.1) is 0 Å². The van der Waals surface area contributed by atoms with Crippen molar-refractivity contribution in [2.75, 3.05) is 20.1 Å². The highest BCUT2D eigenvalue weighted by Gasteiger charge is 2.32. The quantitative estimate of drug-likeness (QED) is 0.700. The van der Waals surface area contributed by atoms with Gasteiger partial charge in [0, 0.05) is 25.0 Å². The van der Waals surface area contributed by atoms with Crippen LogP contribution in [-0.4, -0.2) is 44.1 Å². The number of piperidine rings is 1. The molecular weight excluding hydrogens is 443 g/mol. The number of aliphatic hydroxyl groups is 1. The maximum absolute atomic E-state index is 13.2. The Kier molecular flexibility index (Phi) is 6.45. The Hall–Kier alpha value is -1.15. The zero-order valence-corrected chi connectivity index (χ0v) is 19.1. The predicted octanol–water partition coefficient (Wildman–Crippen LogP) is 4.33. The van der Waals surface area contributed by atoms with Gasteiger partial charge in [-0.1, -0.05) is 35.3 Å². The summed E-state index contributed by atoms with van der Waals surface area (Å²) in [5.41, 5.74) is 3.21. The molecule has 1 heterocycles. The van der Waals surface area contributed by atoms with Gasteiger partial charge in [-0.2, -0.15) is 4.31 Å². The molecule has 2 atom stereocenters. The zero-order chi connectivity index (χ0) is 21.5. The van der Waals surface area contributed by atoms with Gasteiger partial charge in [0.15, 0.2) is 0 Å². The third kappa shape index (κ3) is 4.14. The molecule has 2 N–H and O–H groups in total. The monoisotopic (exact) mass is 468 g/mol. The van der Waals surface area contributed by atoms with Gasteiger partial charge in [0.05, 0.1) is 21.0 Å². The number of sulfonamides is 1. The fourth-order valence-electron chi connectivity index (χ4n) is 4.58. The molecule has 4 rings (SSSR count). The van der Waals surface area contributed by atoms with Crippen molar-refractivity contribution in [3.8, 4) is 0 Å². The van der Waals surface area contributed by atoms with Crippen LogP contribution in [0.15, 0.2) is 41.3 Å². The summed E-state index contributed by atoms with van der Waals surface area (Å²) in [6.45, 7) is 0.698. The third-order valence-electron chi connectivity index (χ3n) is 6.31. The molecule has 1 aliphatic carbocycles. The lowest BCUT2D eigenvalue weighted by atomic mass is 9.77. The topological polar surface area (TPSA) is 69.6 Å². The van der Waals surface area contributed by atoms with Crippen LogP contribution in [0.4, 0.5) is 0 Å². The normalized spacial score (nSPS) is 23.3. The molecule has 0 aromatic heterocycles. The molecule has 162 valence electrons. The fraction of sp³-hybridized carbons (Fsp3) is 0.455. The second-order valence-corrected chi connectivity index (χ2v) is 10.8. The molecule has 30 heavy (non-hydrogen) atoms. The van der Waals surface area contributed by atoms with E-state index < -0.39 is 16.1 Å². The van der Waals surface area contributed by atoms with E-state index in [0.29, 0.717) is 40.9 Å². The number of aliphatic hydroxyl groups excluding tert-OH is 1. The van der Waals surface area contributed by atoms with Gasteiger partial charge in [-0.15, -0.1) is 0 Å². The Balaban J connectivity index is 1.72. The lowest BCUT2D eigenvalue weighted by Crippen LogP contribution is -2.40. The molecule has 1 fully saturated rings. The molecule has 2 aliphatic rings. The van der Waals surface area contributed by atoms with Gasteiger partial charge in [0.1, 0.15) is 0 Å². The number of nitrogens with one attached hydrogen (secondary N) is 1. The summed E-state index contributed by atoms with van der Waals surface area (Å²) in [7, 11) is -1.69. The Bertz CT molecular complexity index is 1040. The number of hydrogen-bond donors (Lipinski definition) is 2. The van der Waals surface area contributed by atoms with Crippen molar-refractivity contribution < 1.29 is 13.5 Å². The molecule has 2 aromatic rings.